The van der Waals surface area contributed by atoms with Crippen LogP contribution in [0.4, 0.5) is 0 Å². The summed E-state index contributed by atoms with van der Waals surface area (Å²) >= 11 is 6.48. The molecule has 0 saturated heterocycles. The van der Waals surface area contributed by atoms with Gasteiger partial charge in [-0.3, -0.25) is 4.79 Å². The summed E-state index contributed by atoms with van der Waals surface area (Å²) in [5.74, 6) is 1.40. The zero-order valence-corrected chi connectivity index (χ0v) is 20.7. The Kier molecular flexibility index (Phi) is 6.25. The fraction of sp³-hybridized carbons (Fsp3) is 0.133. The summed E-state index contributed by atoms with van der Waals surface area (Å²) in [6, 6.07) is 27.6. The second-order valence-corrected chi connectivity index (χ2v) is 9.27. The largest absolute Gasteiger partial charge is 0.454 e. The Morgan fingerprint density at radius 2 is 1.73 bits per heavy atom. The number of nitrogens with one attached hydrogen (secondary N) is 1. The van der Waals surface area contributed by atoms with E-state index in [-0.39, 0.29) is 12.7 Å². The van der Waals surface area contributed by atoms with Crippen LogP contribution in [0.1, 0.15) is 17.7 Å². The summed E-state index contributed by atoms with van der Waals surface area (Å²) in [4.78, 5) is 17.8. The number of rotatable bonds is 7. The van der Waals surface area contributed by atoms with E-state index in [0.29, 0.717) is 30.2 Å². The van der Waals surface area contributed by atoms with Gasteiger partial charge < -0.3 is 19.2 Å². The van der Waals surface area contributed by atoms with Crippen molar-refractivity contribution in [1.29, 1.82) is 0 Å². The van der Waals surface area contributed by atoms with Gasteiger partial charge in [-0.25, -0.2) is 4.98 Å². The standard InChI is InChI=1S/C30H24ClN3O3/c31-24-9-5-4-8-23(24)22-11-14-28-33-30(21-6-2-1-3-7-21)25(34(28)18-22)12-15-29(35)32-17-20-10-13-26-27(16-20)37-19-36-26/h1-11,13-14,16,18H,12,15,17,19H2,(H,32,35). The maximum Gasteiger partial charge on any atom is 0.231 e. The SMILES string of the molecule is O=C(CCc1c(-c2ccccc2)nc2ccc(-c3ccccc3Cl)cn12)NCc1ccc2c(c1)OCO2. The molecule has 3 aromatic carbocycles. The average molecular weight is 510 g/mol. The molecule has 1 N–H and O–H groups in total. The van der Waals surface area contributed by atoms with Crippen molar-refractivity contribution in [1.82, 2.24) is 14.7 Å². The molecule has 5 aromatic rings. The molecule has 0 unspecified atom stereocenters. The van der Waals surface area contributed by atoms with Gasteiger partial charge in [-0.15, -0.1) is 0 Å². The minimum Gasteiger partial charge on any atom is -0.454 e. The molecule has 1 aliphatic heterocycles. The van der Waals surface area contributed by atoms with Crippen LogP contribution in [0.3, 0.4) is 0 Å². The van der Waals surface area contributed by atoms with E-state index in [1.54, 1.807) is 0 Å². The van der Waals surface area contributed by atoms with Gasteiger partial charge in [0.05, 0.1) is 11.4 Å². The topological polar surface area (TPSA) is 64.9 Å². The fourth-order valence-corrected chi connectivity index (χ4v) is 4.83. The molecule has 6 rings (SSSR count). The summed E-state index contributed by atoms with van der Waals surface area (Å²) in [6.45, 7) is 0.650. The average Bonchev–Trinajstić information content (AvgIpc) is 3.55. The molecule has 3 heterocycles. The Hall–Kier alpha value is -4.29. The minimum atomic E-state index is -0.0334. The zero-order valence-electron chi connectivity index (χ0n) is 20.0. The van der Waals surface area contributed by atoms with E-state index in [9.17, 15) is 4.79 Å². The van der Waals surface area contributed by atoms with Crippen molar-refractivity contribution in [3.63, 3.8) is 0 Å². The first-order valence-electron chi connectivity index (χ1n) is 12.1. The molecule has 1 amide bonds. The molecule has 0 saturated carbocycles. The van der Waals surface area contributed by atoms with Crippen LogP contribution < -0.4 is 14.8 Å². The fourth-order valence-electron chi connectivity index (χ4n) is 4.59. The number of aryl methyl sites for hydroxylation is 1. The van der Waals surface area contributed by atoms with E-state index in [2.05, 4.69) is 15.9 Å². The van der Waals surface area contributed by atoms with E-state index in [4.69, 9.17) is 26.1 Å². The van der Waals surface area contributed by atoms with Gasteiger partial charge in [0.1, 0.15) is 5.65 Å². The van der Waals surface area contributed by atoms with Gasteiger partial charge in [0.2, 0.25) is 12.7 Å². The molecular weight excluding hydrogens is 486 g/mol. The smallest absolute Gasteiger partial charge is 0.231 e. The Balaban J connectivity index is 1.26. The van der Waals surface area contributed by atoms with Crippen LogP contribution in [-0.4, -0.2) is 22.1 Å². The second kappa shape index (κ2) is 9.99. The van der Waals surface area contributed by atoms with Gasteiger partial charge in [0, 0.05) is 35.3 Å². The van der Waals surface area contributed by atoms with Crippen molar-refractivity contribution in [3.05, 3.63) is 107 Å². The van der Waals surface area contributed by atoms with Crippen molar-refractivity contribution in [3.8, 4) is 33.9 Å². The summed E-state index contributed by atoms with van der Waals surface area (Å²) in [5.41, 5.74) is 6.60. The molecule has 7 heteroatoms. The van der Waals surface area contributed by atoms with Gasteiger partial charge in [-0.05, 0) is 47.9 Å². The summed E-state index contributed by atoms with van der Waals surface area (Å²) in [6.07, 6.45) is 2.91. The summed E-state index contributed by atoms with van der Waals surface area (Å²) < 4.78 is 12.9. The molecule has 0 bridgehead atoms. The lowest BCUT2D eigenvalue weighted by Gasteiger charge is -2.09. The highest BCUT2D eigenvalue weighted by Crippen LogP contribution is 2.33. The van der Waals surface area contributed by atoms with E-state index in [1.165, 1.54) is 0 Å². The monoisotopic (exact) mass is 509 g/mol. The molecular formula is C30H24ClN3O3. The summed E-state index contributed by atoms with van der Waals surface area (Å²) in [5, 5.41) is 3.71. The van der Waals surface area contributed by atoms with Crippen molar-refractivity contribution < 1.29 is 14.3 Å². The second-order valence-electron chi connectivity index (χ2n) is 8.86. The minimum absolute atomic E-state index is 0.0334. The Morgan fingerprint density at radius 1 is 0.919 bits per heavy atom. The van der Waals surface area contributed by atoms with Crippen LogP contribution in [0.15, 0.2) is 91.1 Å². The lowest BCUT2D eigenvalue weighted by molar-refractivity contribution is -0.121. The van der Waals surface area contributed by atoms with E-state index in [0.717, 1.165) is 45.0 Å². The molecule has 0 atom stereocenters. The first-order chi connectivity index (χ1) is 18.2. The van der Waals surface area contributed by atoms with Gasteiger partial charge in [-0.2, -0.15) is 0 Å². The lowest BCUT2D eigenvalue weighted by atomic mass is 10.1. The number of benzene rings is 3. The third-order valence-corrected chi connectivity index (χ3v) is 6.79. The maximum absolute atomic E-state index is 12.8. The highest BCUT2D eigenvalue weighted by Gasteiger charge is 2.17. The van der Waals surface area contributed by atoms with Gasteiger partial charge in [0.25, 0.3) is 0 Å². The molecule has 0 aliphatic carbocycles. The highest BCUT2D eigenvalue weighted by molar-refractivity contribution is 6.33. The van der Waals surface area contributed by atoms with E-state index in [1.807, 2.05) is 84.9 Å². The lowest BCUT2D eigenvalue weighted by Crippen LogP contribution is -2.23. The number of ether oxygens (including phenoxy) is 2. The summed E-state index contributed by atoms with van der Waals surface area (Å²) in [7, 11) is 0. The number of carbonyl (C=O) groups is 1. The first-order valence-corrected chi connectivity index (χ1v) is 12.5. The molecule has 184 valence electrons. The predicted octanol–water partition coefficient (Wildman–Crippen LogP) is 6.30. The number of halogens is 1. The number of hydrogen-bond donors (Lipinski definition) is 1. The van der Waals surface area contributed by atoms with Crippen molar-refractivity contribution in [2.75, 3.05) is 6.79 Å². The highest BCUT2D eigenvalue weighted by atomic mass is 35.5. The maximum atomic E-state index is 12.8. The number of nitrogens with zero attached hydrogens (tertiary/aromatic N) is 2. The number of amides is 1. The van der Waals surface area contributed by atoms with Crippen LogP contribution in [0.25, 0.3) is 28.0 Å². The number of fused-ring (bicyclic) bond motifs is 2. The van der Waals surface area contributed by atoms with Crippen LogP contribution >= 0.6 is 11.6 Å². The Bertz CT molecular complexity index is 1600. The first kappa shape index (κ1) is 23.1. The number of imidazole rings is 1. The van der Waals surface area contributed by atoms with Crippen LogP contribution in [0.5, 0.6) is 11.5 Å². The van der Waals surface area contributed by atoms with Crippen LogP contribution in [0, 0.1) is 0 Å². The van der Waals surface area contributed by atoms with Crippen molar-refractivity contribution in [2.24, 2.45) is 0 Å². The molecule has 6 nitrogen and oxygen atoms in total. The van der Waals surface area contributed by atoms with E-state index >= 15 is 0 Å². The number of aromatic nitrogens is 2. The molecule has 0 radical (unpaired) electrons. The van der Waals surface area contributed by atoms with Gasteiger partial charge in [-0.1, -0.05) is 66.2 Å². The number of hydrogen-bond acceptors (Lipinski definition) is 4. The van der Waals surface area contributed by atoms with Crippen LogP contribution in [0.2, 0.25) is 5.02 Å². The normalized spacial score (nSPS) is 12.1. The van der Waals surface area contributed by atoms with E-state index < -0.39 is 0 Å². The Morgan fingerprint density at radius 3 is 2.59 bits per heavy atom. The zero-order chi connectivity index (χ0) is 25.2. The van der Waals surface area contributed by atoms with Crippen molar-refractivity contribution >= 4 is 23.2 Å². The third-order valence-electron chi connectivity index (χ3n) is 6.47. The number of pyridine rings is 1. The third kappa shape index (κ3) is 4.76. The van der Waals surface area contributed by atoms with Crippen molar-refractivity contribution in [2.45, 2.75) is 19.4 Å². The van der Waals surface area contributed by atoms with Gasteiger partial charge in [0.15, 0.2) is 11.5 Å². The molecule has 37 heavy (non-hydrogen) atoms. The Labute approximate surface area is 219 Å². The van der Waals surface area contributed by atoms with Crippen LogP contribution in [-0.2, 0) is 17.8 Å². The molecule has 2 aromatic heterocycles. The molecule has 0 spiro atoms. The molecule has 1 aliphatic rings. The predicted molar refractivity (Wildman–Crippen MR) is 144 cm³/mol. The number of carbonyl (C=O) groups excluding carboxylic acids is 1. The quantitative estimate of drug-likeness (QED) is 0.279. The molecule has 0 fully saturated rings. The van der Waals surface area contributed by atoms with Gasteiger partial charge >= 0.3 is 0 Å².